The van der Waals surface area contributed by atoms with Crippen molar-refractivity contribution in [1.82, 2.24) is 0 Å². The molecule has 0 aliphatic heterocycles. The van der Waals surface area contributed by atoms with Gasteiger partial charge < -0.3 is 10.5 Å². The molecule has 0 radical (unpaired) electrons. The Hall–Kier alpha value is -2.20. The fraction of sp³-hybridized carbons (Fsp3) is 0.200. The maximum Gasteiger partial charge on any atom is 0.137 e. The molecule has 14 heavy (non-hydrogen) atoms. The summed E-state index contributed by atoms with van der Waals surface area (Å²) >= 11 is 0. The van der Waals surface area contributed by atoms with Crippen LogP contribution in [0.3, 0.4) is 0 Å². The van der Waals surface area contributed by atoms with Crippen molar-refractivity contribution in [3.8, 4) is 17.9 Å². The first-order valence-electron chi connectivity index (χ1n) is 3.97. The summed E-state index contributed by atoms with van der Waals surface area (Å²) in [7, 11) is 1.47. The number of nitrogens with zero attached hydrogens (tertiary/aromatic N) is 2. The highest BCUT2D eigenvalue weighted by Crippen LogP contribution is 2.26. The third-order valence-corrected chi connectivity index (χ3v) is 1.90. The Bertz CT molecular complexity index is 426. The normalized spacial score (nSPS) is 8.79. The number of ether oxygens (including phenoxy) is 1. The summed E-state index contributed by atoms with van der Waals surface area (Å²) < 4.78 is 4.99. The highest BCUT2D eigenvalue weighted by molar-refractivity contribution is 5.61. The number of rotatable bonds is 2. The molecule has 0 spiro atoms. The number of nitriles is 2. The quantitative estimate of drug-likeness (QED) is 0.705. The van der Waals surface area contributed by atoms with Crippen LogP contribution in [0.4, 0.5) is 5.69 Å². The molecule has 0 fully saturated rings. The molecule has 0 bridgehead atoms. The molecule has 0 aromatic heterocycles. The molecule has 0 aliphatic rings. The van der Waals surface area contributed by atoms with Gasteiger partial charge in [-0.2, -0.15) is 10.5 Å². The maximum absolute atomic E-state index is 8.89. The lowest BCUT2D eigenvalue weighted by atomic mass is 10.0. The van der Waals surface area contributed by atoms with Crippen LogP contribution in [0.25, 0.3) is 0 Å². The Morgan fingerprint density at radius 2 is 2.14 bits per heavy atom. The van der Waals surface area contributed by atoms with Gasteiger partial charge in [0.05, 0.1) is 19.6 Å². The van der Waals surface area contributed by atoms with Crippen molar-refractivity contribution in [2.24, 2.45) is 0 Å². The molecule has 0 aliphatic carbocycles. The van der Waals surface area contributed by atoms with E-state index in [1.807, 2.05) is 12.1 Å². The molecule has 4 heteroatoms. The highest BCUT2D eigenvalue weighted by Gasteiger charge is 2.11. The van der Waals surface area contributed by atoms with Crippen LogP contribution in [-0.2, 0) is 6.42 Å². The molecular weight excluding hydrogens is 178 g/mol. The summed E-state index contributed by atoms with van der Waals surface area (Å²) in [4.78, 5) is 0. The minimum absolute atomic E-state index is 0.117. The molecule has 0 heterocycles. The van der Waals surface area contributed by atoms with Gasteiger partial charge in [-0.05, 0) is 12.1 Å². The molecule has 1 aromatic carbocycles. The molecule has 0 unspecified atom stereocenters. The molecular formula is C10H9N3O. The predicted octanol–water partition coefficient (Wildman–Crippen LogP) is 1.22. The first kappa shape index (κ1) is 9.88. The SMILES string of the molecule is COc1ccc(N)c(CC#N)c1C#N. The molecule has 0 saturated carbocycles. The third kappa shape index (κ3) is 1.60. The van der Waals surface area contributed by atoms with Gasteiger partial charge in [0.1, 0.15) is 17.4 Å². The van der Waals surface area contributed by atoms with Gasteiger partial charge in [-0.1, -0.05) is 0 Å². The van der Waals surface area contributed by atoms with Crippen molar-refractivity contribution >= 4 is 5.69 Å². The molecule has 0 amide bonds. The second-order valence-corrected chi connectivity index (χ2v) is 2.66. The maximum atomic E-state index is 8.89. The van der Waals surface area contributed by atoms with Gasteiger partial charge in [0, 0.05) is 11.3 Å². The fourth-order valence-corrected chi connectivity index (χ4v) is 1.20. The van der Waals surface area contributed by atoms with Gasteiger partial charge in [-0.25, -0.2) is 0 Å². The predicted molar refractivity (Wildman–Crippen MR) is 51.4 cm³/mol. The van der Waals surface area contributed by atoms with E-state index in [1.165, 1.54) is 7.11 Å². The summed E-state index contributed by atoms with van der Waals surface area (Å²) in [5, 5.41) is 17.5. The average Bonchev–Trinajstić information content (AvgIpc) is 2.21. The van der Waals surface area contributed by atoms with E-state index in [1.54, 1.807) is 12.1 Å². The van der Waals surface area contributed by atoms with Crippen LogP contribution < -0.4 is 10.5 Å². The lowest BCUT2D eigenvalue weighted by Crippen LogP contribution is -1.99. The van der Waals surface area contributed by atoms with Crippen molar-refractivity contribution in [1.29, 1.82) is 10.5 Å². The monoisotopic (exact) mass is 187 g/mol. The van der Waals surface area contributed by atoms with Crippen molar-refractivity contribution in [2.45, 2.75) is 6.42 Å². The van der Waals surface area contributed by atoms with Gasteiger partial charge in [0.25, 0.3) is 0 Å². The highest BCUT2D eigenvalue weighted by atomic mass is 16.5. The van der Waals surface area contributed by atoms with Crippen LogP contribution in [0.2, 0.25) is 0 Å². The largest absolute Gasteiger partial charge is 0.495 e. The number of nitrogen functional groups attached to an aromatic ring is 1. The molecule has 4 nitrogen and oxygen atoms in total. The Morgan fingerprint density at radius 3 is 2.64 bits per heavy atom. The number of nitrogens with two attached hydrogens (primary N) is 1. The second kappa shape index (κ2) is 4.15. The van der Waals surface area contributed by atoms with Crippen LogP contribution in [0, 0.1) is 22.7 Å². The fourth-order valence-electron chi connectivity index (χ4n) is 1.20. The number of methoxy groups -OCH3 is 1. The minimum Gasteiger partial charge on any atom is -0.495 e. The standard InChI is InChI=1S/C10H9N3O/c1-14-10-3-2-9(13)7(4-5-11)8(10)6-12/h2-3H,4,13H2,1H3. The van der Waals surface area contributed by atoms with E-state index in [0.29, 0.717) is 22.6 Å². The smallest absolute Gasteiger partial charge is 0.137 e. The van der Waals surface area contributed by atoms with Crippen LogP contribution >= 0.6 is 0 Å². The molecule has 0 atom stereocenters. The van der Waals surface area contributed by atoms with E-state index in [-0.39, 0.29) is 6.42 Å². The Morgan fingerprint density at radius 1 is 1.43 bits per heavy atom. The first-order valence-corrected chi connectivity index (χ1v) is 3.97. The van der Waals surface area contributed by atoms with Crippen molar-refractivity contribution in [2.75, 3.05) is 12.8 Å². The topological polar surface area (TPSA) is 82.8 Å². The van der Waals surface area contributed by atoms with Gasteiger partial charge >= 0.3 is 0 Å². The van der Waals surface area contributed by atoms with E-state index in [0.717, 1.165) is 0 Å². The molecule has 1 rings (SSSR count). The van der Waals surface area contributed by atoms with E-state index < -0.39 is 0 Å². The van der Waals surface area contributed by atoms with Gasteiger partial charge in [0.2, 0.25) is 0 Å². The zero-order valence-corrected chi connectivity index (χ0v) is 7.74. The molecule has 70 valence electrons. The second-order valence-electron chi connectivity index (χ2n) is 2.66. The van der Waals surface area contributed by atoms with E-state index in [2.05, 4.69) is 0 Å². The van der Waals surface area contributed by atoms with Crippen LogP contribution in [0.1, 0.15) is 11.1 Å². The molecule has 2 N–H and O–H groups in total. The van der Waals surface area contributed by atoms with Crippen molar-refractivity contribution < 1.29 is 4.74 Å². The Balaban J connectivity index is 3.38. The number of hydrogen-bond donors (Lipinski definition) is 1. The minimum atomic E-state index is 0.117. The van der Waals surface area contributed by atoms with Crippen molar-refractivity contribution in [3.05, 3.63) is 23.3 Å². The zero-order chi connectivity index (χ0) is 10.6. The summed E-state index contributed by atoms with van der Waals surface area (Å²) in [6, 6.07) is 7.20. The van der Waals surface area contributed by atoms with E-state index in [4.69, 9.17) is 21.0 Å². The van der Waals surface area contributed by atoms with Crippen molar-refractivity contribution in [3.63, 3.8) is 0 Å². The summed E-state index contributed by atoms with van der Waals surface area (Å²) in [5.74, 6) is 0.451. The third-order valence-electron chi connectivity index (χ3n) is 1.90. The van der Waals surface area contributed by atoms with Gasteiger partial charge in [0.15, 0.2) is 0 Å². The molecule has 1 aromatic rings. The van der Waals surface area contributed by atoms with Crippen LogP contribution in [0.15, 0.2) is 12.1 Å². The summed E-state index contributed by atoms with van der Waals surface area (Å²) in [6.07, 6.45) is 0.117. The van der Waals surface area contributed by atoms with Gasteiger partial charge in [-0.3, -0.25) is 0 Å². The Labute approximate surface area is 82.1 Å². The van der Waals surface area contributed by atoms with Crippen LogP contribution in [-0.4, -0.2) is 7.11 Å². The lowest BCUT2D eigenvalue weighted by Gasteiger charge is -2.08. The lowest BCUT2D eigenvalue weighted by molar-refractivity contribution is 0.413. The number of benzene rings is 1. The average molecular weight is 187 g/mol. The summed E-state index contributed by atoms with van der Waals surface area (Å²) in [5.41, 5.74) is 6.98. The number of anilines is 1. The number of hydrogen-bond acceptors (Lipinski definition) is 4. The van der Waals surface area contributed by atoms with E-state index >= 15 is 0 Å². The van der Waals surface area contributed by atoms with E-state index in [9.17, 15) is 0 Å². The zero-order valence-electron chi connectivity index (χ0n) is 7.74. The Kier molecular flexibility index (Phi) is 2.93. The van der Waals surface area contributed by atoms with Gasteiger partial charge in [-0.15, -0.1) is 0 Å². The molecule has 0 saturated heterocycles. The summed E-state index contributed by atoms with van der Waals surface area (Å²) in [6.45, 7) is 0. The first-order chi connectivity index (χ1) is 6.74. The van der Waals surface area contributed by atoms with Crippen LogP contribution in [0.5, 0.6) is 5.75 Å².